The summed E-state index contributed by atoms with van der Waals surface area (Å²) in [4.78, 5) is 12.4. The van der Waals surface area contributed by atoms with Gasteiger partial charge in [-0.1, -0.05) is 0 Å². The van der Waals surface area contributed by atoms with E-state index < -0.39 is 5.97 Å². The molecule has 0 saturated carbocycles. The number of carbonyl (C=O) groups is 1. The third-order valence-corrected chi connectivity index (χ3v) is 3.77. The second-order valence-electron chi connectivity index (χ2n) is 2.75. The van der Waals surface area contributed by atoms with Crippen LogP contribution in [0.15, 0.2) is 18.2 Å². The van der Waals surface area contributed by atoms with Crippen molar-refractivity contribution in [2.45, 2.75) is 5.75 Å². The predicted molar refractivity (Wildman–Crippen MR) is 64.2 cm³/mol. The summed E-state index contributed by atoms with van der Waals surface area (Å²) in [6, 6.07) is 3.88. The fourth-order valence-corrected chi connectivity index (χ4v) is 2.72. The minimum atomic E-state index is -0.931. The van der Waals surface area contributed by atoms with E-state index in [4.69, 9.17) is 10.2 Å². The van der Waals surface area contributed by atoms with Gasteiger partial charge in [-0.05, 0) is 18.2 Å². The molecule has 0 aliphatic rings. The molecule has 5 heteroatoms. The molecule has 0 aliphatic heterocycles. The molecule has 2 N–H and O–H groups in total. The van der Waals surface area contributed by atoms with E-state index in [0.717, 1.165) is 22.5 Å². The van der Waals surface area contributed by atoms with E-state index in [-0.39, 0.29) is 6.61 Å². The van der Waals surface area contributed by atoms with Crippen LogP contribution in [0.3, 0.4) is 0 Å². The number of hydrogen-bond donors (Lipinski definition) is 2. The van der Waals surface area contributed by atoms with Gasteiger partial charge in [0.15, 0.2) is 0 Å². The molecule has 0 atom stereocenters. The van der Waals surface area contributed by atoms with Crippen molar-refractivity contribution in [3.8, 4) is 0 Å². The highest BCUT2D eigenvalue weighted by Crippen LogP contribution is 2.22. The molecular weight excluding hydrogens is 232 g/mol. The number of aliphatic hydroxyl groups is 1. The van der Waals surface area contributed by atoms with E-state index in [9.17, 15) is 4.79 Å². The summed E-state index contributed by atoms with van der Waals surface area (Å²) in [5.41, 5.74) is 0. The molecule has 1 aromatic heterocycles. The first-order valence-corrected chi connectivity index (χ1v) is 6.38. The highest BCUT2D eigenvalue weighted by molar-refractivity contribution is 7.98. The topological polar surface area (TPSA) is 57.5 Å². The van der Waals surface area contributed by atoms with Crippen molar-refractivity contribution in [3.63, 3.8) is 0 Å². The molecule has 1 aromatic rings. The fraction of sp³-hybridized carbons (Fsp3) is 0.300. The van der Waals surface area contributed by atoms with E-state index in [1.54, 1.807) is 29.2 Å². The lowest BCUT2D eigenvalue weighted by atomic mass is 10.4. The third-order valence-electron chi connectivity index (χ3n) is 1.55. The minimum Gasteiger partial charge on any atom is -0.478 e. The molecule has 0 aromatic carbocycles. The Morgan fingerprint density at radius 1 is 1.53 bits per heavy atom. The van der Waals surface area contributed by atoms with Gasteiger partial charge < -0.3 is 10.2 Å². The Balaban J connectivity index is 2.45. The van der Waals surface area contributed by atoms with Crippen molar-refractivity contribution in [3.05, 3.63) is 28.0 Å². The molecule has 0 fully saturated rings. The number of aliphatic hydroxyl groups excluding tert-OH is 1. The molecule has 1 rings (SSSR count). The Hall–Kier alpha value is -0.780. The molecule has 1 heterocycles. The van der Waals surface area contributed by atoms with Crippen molar-refractivity contribution in [2.24, 2.45) is 0 Å². The minimum absolute atomic E-state index is 0.196. The van der Waals surface area contributed by atoms with E-state index in [1.165, 1.54) is 4.88 Å². The molecular formula is C10H12O3S2. The van der Waals surface area contributed by atoms with Gasteiger partial charge in [0.25, 0.3) is 0 Å². The maximum Gasteiger partial charge on any atom is 0.328 e. The van der Waals surface area contributed by atoms with Gasteiger partial charge in [0.05, 0.1) is 6.61 Å². The zero-order chi connectivity index (χ0) is 11.1. The normalized spacial score (nSPS) is 11.0. The average Bonchev–Trinajstić information content (AvgIpc) is 2.63. The third kappa shape index (κ3) is 5.01. The van der Waals surface area contributed by atoms with E-state index in [1.807, 2.05) is 12.1 Å². The molecule has 15 heavy (non-hydrogen) atoms. The van der Waals surface area contributed by atoms with Gasteiger partial charge in [-0.2, -0.15) is 11.8 Å². The zero-order valence-electron chi connectivity index (χ0n) is 8.05. The zero-order valence-corrected chi connectivity index (χ0v) is 9.68. The second kappa shape index (κ2) is 6.66. The number of aliphatic carboxylic acids is 1. The molecule has 0 unspecified atom stereocenters. The summed E-state index contributed by atoms with van der Waals surface area (Å²) >= 11 is 3.24. The Kier molecular flexibility index (Phi) is 5.45. The first-order chi connectivity index (χ1) is 7.22. The van der Waals surface area contributed by atoms with Crippen LogP contribution in [0.2, 0.25) is 0 Å². The monoisotopic (exact) mass is 244 g/mol. The first kappa shape index (κ1) is 12.3. The second-order valence-corrected chi connectivity index (χ2v) is 5.06. The lowest BCUT2D eigenvalue weighted by Crippen LogP contribution is -1.85. The van der Waals surface area contributed by atoms with Crippen LogP contribution < -0.4 is 0 Å². The molecule has 0 aliphatic carbocycles. The summed E-state index contributed by atoms with van der Waals surface area (Å²) in [6.45, 7) is 0.196. The van der Waals surface area contributed by atoms with Gasteiger partial charge in [-0.15, -0.1) is 11.3 Å². The van der Waals surface area contributed by atoms with Crippen LogP contribution in [0, 0.1) is 0 Å². The summed E-state index contributed by atoms with van der Waals surface area (Å²) in [5.74, 6) is 0.671. The van der Waals surface area contributed by atoms with Crippen molar-refractivity contribution in [1.82, 2.24) is 0 Å². The number of hydrogen-bond acceptors (Lipinski definition) is 4. The van der Waals surface area contributed by atoms with Crippen LogP contribution in [0.5, 0.6) is 0 Å². The Labute approximate surface area is 96.4 Å². The highest BCUT2D eigenvalue weighted by Gasteiger charge is 1.98. The largest absolute Gasteiger partial charge is 0.478 e. The molecule has 0 spiro atoms. The lowest BCUT2D eigenvalue weighted by molar-refractivity contribution is -0.131. The van der Waals surface area contributed by atoms with Gasteiger partial charge in [0, 0.05) is 27.3 Å². The Morgan fingerprint density at radius 2 is 2.33 bits per heavy atom. The van der Waals surface area contributed by atoms with E-state index in [2.05, 4.69) is 0 Å². The molecule has 0 amide bonds. The van der Waals surface area contributed by atoms with Gasteiger partial charge in [0.2, 0.25) is 0 Å². The summed E-state index contributed by atoms with van der Waals surface area (Å²) < 4.78 is 0. The predicted octanol–water partition coefficient (Wildman–Crippen LogP) is 2.07. The fourth-order valence-electron chi connectivity index (χ4n) is 0.952. The van der Waals surface area contributed by atoms with Crippen molar-refractivity contribution < 1.29 is 15.0 Å². The smallest absolute Gasteiger partial charge is 0.328 e. The van der Waals surface area contributed by atoms with E-state index >= 15 is 0 Å². The number of thioether (sulfide) groups is 1. The van der Waals surface area contributed by atoms with Crippen LogP contribution >= 0.6 is 23.1 Å². The van der Waals surface area contributed by atoms with Crippen molar-refractivity contribution in [2.75, 3.05) is 12.4 Å². The molecule has 3 nitrogen and oxygen atoms in total. The maximum absolute atomic E-state index is 10.3. The number of carboxylic acids is 1. The Morgan fingerprint density at radius 3 is 3.00 bits per heavy atom. The summed E-state index contributed by atoms with van der Waals surface area (Å²) in [7, 11) is 0. The Bertz CT molecular complexity index is 344. The van der Waals surface area contributed by atoms with Gasteiger partial charge in [-0.25, -0.2) is 4.79 Å². The van der Waals surface area contributed by atoms with Crippen LogP contribution in [-0.4, -0.2) is 28.5 Å². The average molecular weight is 244 g/mol. The van der Waals surface area contributed by atoms with E-state index in [0.29, 0.717) is 0 Å². The van der Waals surface area contributed by atoms with Crippen molar-refractivity contribution in [1.29, 1.82) is 0 Å². The van der Waals surface area contributed by atoms with Crippen LogP contribution in [0.1, 0.15) is 9.75 Å². The SMILES string of the molecule is O=C(O)C=Cc1ccc(CSCCO)s1. The maximum atomic E-state index is 10.3. The van der Waals surface area contributed by atoms with Gasteiger partial charge in [0.1, 0.15) is 0 Å². The molecule has 0 saturated heterocycles. The first-order valence-electron chi connectivity index (χ1n) is 4.40. The van der Waals surface area contributed by atoms with Gasteiger partial charge >= 0.3 is 5.97 Å². The standard InChI is InChI=1S/C10H12O3S2/c11-5-6-14-7-9-2-1-8(15-9)3-4-10(12)13/h1-4,11H,5-7H2,(H,12,13). The quantitative estimate of drug-likeness (QED) is 0.594. The molecule has 82 valence electrons. The van der Waals surface area contributed by atoms with Crippen molar-refractivity contribution >= 4 is 35.1 Å². The number of carboxylic acid groups (broad SMARTS) is 1. The van der Waals surface area contributed by atoms with Gasteiger partial charge in [-0.3, -0.25) is 0 Å². The molecule has 0 bridgehead atoms. The summed E-state index contributed by atoms with van der Waals surface area (Å²) in [6.07, 6.45) is 2.73. The molecule has 0 radical (unpaired) electrons. The number of thiophene rings is 1. The van der Waals surface area contributed by atoms with Crippen LogP contribution in [-0.2, 0) is 10.5 Å². The number of rotatable bonds is 6. The summed E-state index contributed by atoms with van der Waals surface area (Å²) in [5, 5.41) is 17.0. The highest BCUT2D eigenvalue weighted by atomic mass is 32.2. The lowest BCUT2D eigenvalue weighted by Gasteiger charge is -1.94. The van der Waals surface area contributed by atoms with Crippen LogP contribution in [0.25, 0.3) is 6.08 Å². The van der Waals surface area contributed by atoms with Crippen LogP contribution in [0.4, 0.5) is 0 Å².